The number of amides is 1. The molecule has 0 saturated heterocycles. The zero-order valence-corrected chi connectivity index (χ0v) is 15.4. The van der Waals surface area contributed by atoms with Crippen LogP contribution in [-0.2, 0) is 0 Å². The first kappa shape index (κ1) is 17.4. The van der Waals surface area contributed by atoms with Crippen LogP contribution >= 0.6 is 15.9 Å². The number of anilines is 2. The van der Waals surface area contributed by atoms with Gasteiger partial charge in [-0.05, 0) is 51.0 Å². The summed E-state index contributed by atoms with van der Waals surface area (Å²) in [5, 5.41) is 6.06. The molecule has 23 heavy (non-hydrogen) atoms. The molecule has 6 heteroatoms. The molecule has 0 saturated carbocycles. The summed E-state index contributed by atoms with van der Waals surface area (Å²) in [6.07, 6.45) is 0.955. The maximum Gasteiger partial charge on any atom is 0.274 e. The van der Waals surface area contributed by atoms with Crippen molar-refractivity contribution in [2.75, 3.05) is 10.6 Å². The highest BCUT2D eigenvalue weighted by atomic mass is 79.9. The van der Waals surface area contributed by atoms with Gasteiger partial charge >= 0.3 is 0 Å². The Morgan fingerprint density at radius 2 is 2.00 bits per heavy atom. The van der Waals surface area contributed by atoms with Crippen molar-refractivity contribution in [3.8, 4) is 0 Å². The summed E-state index contributed by atoms with van der Waals surface area (Å²) < 4.78 is 0.952. The molecular weight excluding hydrogens is 356 g/mol. The van der Waals surface area contributed by atoms with Gasteiger partial charge in [0.1, 0.15) is 5.69 Å². The molecule has 0 fully saturated rings. The molecule has 122 valence electrons. The second kappa shape index (κ2) is 7.55. The quantitative estimate of drug-likeness (QED) is 0.815. The van der Waals surface area contributed by atoms with Crippen molar-refractivity contribution < 1.29 is 4.79 Å². The minimum absolute atomic E-state index is 0.251. The number of hydrogen-bond donors (Lipinski definition) is 2. The lowest BCUT2D eigenvalue weighted by atomic mass is 10.2. The van der Waals surface area contributed by atoms with Gasteiger partial charge < -0.3 is 10.6 Å². The molecule has 5 nitrogen and oxygen atoms in total. The van der Waals surface area contributed by atoms with Crippen molar-refractivity contribution >= 4 is 33.5 Å². The Balaban J connectivity index is 2.19. The summed E-state index contributed by atoms with van der Waals surface area (Å²) in [6.45, 7) is 7.98. The molecule has 2 aromatic rings. The molecule has 0 aliphatic carbocycles. The highest BCUT2D eigenvalue weighted by Gasteiger charge is 2.12. The van der Waals surface area contributed by atoms with E-state index in [0.29, 0.717) is 11.6 Å². The number of nitrogens with zero attached hydrogens (tertiary/aromatic N) is 2. The van der Waals surface area contributed by atoms with Crippen molar-refractivity contribution in [2.45, 2.75) is 40.2 Å². The molecule has 1 aromatic carbocycles. The number of nitrogens with one attached hydrogen (secondary N) is 2. The van der Waals surface area contributed by atoms with E-state index in [-0.39, 0.29) is 11.9 Å². The van der Waals surface area contributed by atoms with Crippen molar-refractivity contribution in [3.63, 3.8) is 0 Å². The third-order valence-electron chi connectivity index (χ3n) is 3.50. The van der Waals surface area contributed by atoms with Gasteiger partial charge in [0, 0.05) is 21.9 Å². The Hall–Kier alpha value is -1.95. The van der Waals surface area contributed by atoms with Crippen molar-refractivity contribution in [2.24, 2.45) is 0 Å². The smallest absolute Gasteiger partial charge is 0.274 e. The van der Waals surface area contributed by atoms with Gasteiger partial charge in [-0.1, -0.05) is 28.9 Å². The zero-order chi connectivity index (χ0) is 17.0. The van der Waals surface area contributed by atoms with Gasteiger partial charge in [-0.3, -0.25) is 4.79 Å². The molecule has 0 aliphatic heterocycles. The molecule has 0 aliphatic rings. The molecule has 1 heterocycles. The van der Waals surface area contributed by atoms with E-state index in [1.807, 2.05) is 32.0 Å². The van der Waals surface area contributed by atoms with E-state index in [4.69, 9.17) is 0 Å². The van der Waals surface area contributed by atoms with Crippen LogP contribution < -0.4 is 10.6 Å². The van der Waals surface area contributed by atoms with Gasteiger partial charge in [-0.25, -0.2) is 9.97 Å². The van der Waals surface area contributed by atoms with Gasteiger partial charge in [-0.15, -0.1) is 0 Å². The van der Waals surface area contributed by atoms with Crippen LogP contribution in [0.3, 0.4) is 0 Å². The van der Waals surface area contributed by atoms with Crippen LogP contribution in [0.2, 0.25) is 0 Å². The maximum atomic E-state index is 12.4. The van der Waals surface area contributed by atoms with E-state index >= 15 is 0 Å². The van der Waals surface area contributed by atoms with Gasteiger partial charge in [0.2, 0.25) is 5.95 Å². The fraction of sp³-hybridized carbons (Fsp3) is 0.353. The first-order valence-corrected chi connectivity index (χ1v) is 8.38. The first-order chi connectivity index (χ1) is 10.9. The molecule has 1 amide bonds. The van der Waals surface area contributed by atoms with E-state index in [2.05, 4.69) is 50.4 Å². The number of halogens is 1. The summed E-state index contributed by atoms with van der Waals surface area (Å²) >= 11 is 3.46. The lowest BCUT2D eigenvalue weighted by Crippen LogP contribution is -2.19. The zero-order valence-electron chi connectivity index (χ0n) is 13.8. The predicted molar refractivity (Wildman–Crippen MR) is 97.0 cm³/mol. The topological polar surface area (TPSA) is 66.9 Å². The van der Waals surface area contributed by atoms with Crippen LogP contribution in [0, 0.1) is 13.8 Å². The number of hydrogen-bond acceptors (Lipinski definition) is 4. The average Bonchev–Trinajstić information content (AvgIpc) is 2.50. The van der Waals surface area contributed by atoms with Crippen molar-refractivity contribution in [3.05, 3.63) is 45.7 Å². The number of aryl methyl sites for hydroxylation is 2. The lowest BCUT2D eigenvalue weighted by Gasteiger charge is -2.13. The number of carbonyl (C=O) groups excluding carboxylic acids is 1. The maximum absolute atomic E-state index is 12.4. The second-order valence-corrected chi connectivity index (χ2v) is 6.44. The number of rotatable bonds is 5. The summed E-state index contributed by atoms with van der Waals surface area (Å²) in [6, 6.07) is 7.62. The molecule has 2 N–H and O–H groups in total. The molecule has 1 unspecified atom stereocenters. The van der Waals surface area contributed by atoms with Crippen LogP contribution in [0.25, 0.3) is 0 Å². The number of aromatic nitrogens is 2. The Kier molecular flexibility index (Phi) is 5.71. The highest BCUT2D eigenvalue weighted by Crippen LogP contribution is 2.21. The Morgan fingerprint density at radius 3 is 2.65 bits per heavy atom. The third-order valence-corrected chi connectivity index (χ3v) is 4.36. The van der Waals surface area contributed by atoms with Gasteiger partial charge in [0.25, 0.3) is 5.91 Å². The van der Waals surface area contributed by atoms with Crippen molar-refractivity contribution in [1.29, 1.82) is 0 Å². The van der Waals surface area contributed by atoms with Gasteiger partial charge in [-0.2, -0.15) is 0 Å². The normalized spacial score (nSPS) is 11.9. The number of benzene rings is 1. The van der Waals surface area contributed by atoms with E-state index in [9.17, 15) is 4.79 Å². The lowest BCUT2D eigenvalue weighted by molar-refractivity contribution is 0.102. The molecule has 0 bridgehead atoms. The molecule has 2 rings (SSSR count). The third kappa shape index (κ3) is 4.76. The fourth-order valence-electron chi connectivity index (χ4n) is 1.94. The minimum atomic E-state index is -0.251. The molecule has 1 atom stereocenters. The van der Waals surface area contributed by atoms with Crippen molar-refractivity contribution in [1.82, 2.24) is 9.97 Å². The fourth-order valence-corrected chi connectivity index (χ4v) is 2.32. The second-order valence-electron chi connectivity index (χ2n) is 5.59. The number of carbonyl (C=O) groups is 1. The first-order valence-electron chi connectivity index (χ1n) is 7.58. The summed E-state index contributed by atoms with van der Waals surface area (Å²) in [5.41, 5.74) is 2.93. The van der Waals surface area contributed by atoms with Crippen LogP contribution in [0.5, 0.6) is 0 Å². The van der Waals surface area contributed by atoms with Crippen LogP contribution in [0.4, 0.5) is 11.6 Å². The van der Waals surface area contributed by atoms with E-state index in [1.165, 1.54) is 0 Å². The SMILES string of the molecule is CCC(C)Nc1nc(C)cc(C(=O)Nc2ccc(C)c(Br)c2)n1. The molecule has 0 spiro atoms. The largest absolute Gasteiger partial charge is 0.352 e. The van der Waals surface area contributed by atoms with E-state index in [1.54, 1.807) is 6.07 Å². The van der Waals surface area contributed by atoms with Gasteiger partial charge in [0.15, 0.2) is 0 Å². The van der Waals surface area contributed by atoms with Crippen LogP contribution in [0.1, 0.15) is 42.0 Å². The Bertz CT molecular complexity index is 718. The van der Waals surface area contributed by atoms with E-state index < -0.39 is 0 Å². The molecule has 1 aromatic heterocycles. The molecular formula is C17H21BrN4O. The standard InChI is InChI=1S/C17H21BrN4O/c1-5-11(3)19-17-20-12(4)8-15(22-17)16(23)21-13-7-6-10(2)14(18)9-13/h6-9,11H,5H2,1-4H3,(H,21,23)(H,19,20,22). The van der Waals surface area contributed by atoms with Gasteiger partial charge in [0.05, 0.1) is 0 Å². The van der Waals surface area contributed by atoms with E-state index in [0.717, 1.165) is 27.8 Å². The molecule has 0 radical (unpaired) electrons. The summed E-state index contributed by atoms with van der Waals surface area (Å²) in [7, 11) is 0. The Labute approximate surface area is 145 Å². The van der Waals surface area contributed by atoms with Crippen LogP contribution in [0.15, 0.2) is 28.7 Å². The minimum Gasteiger partial charge on any atom is -0.352 e. The monoisotopic (exact) mass is 376 g/mol. The summed E-state index contributed by atoms with van der Waals surface area (Å²) in [4.78, 5) is 21.1. The average molecular weight is 377 g/mol. The van der Waals surface area contributed by atoms with Crippen LogP contribution in [-0.4, -0.2) is 21.9 Å². The highest BCUT2D eigenvalue weighted by molar-refractivity contribution is 9.10. The Morgan fingerprint density at radius 1 is 1.26 bits per heavy atom. The predicted octanol–water partition coefficient (Wildman–Crippen LogP) is 4.32. The summed E-state index contributed by atoms with van der Waals surface area (Å²) in [5.74, 6) is 0.230.